The van der Waals surface area contributed by atoms with Crippen LogP contribution in [-0.4, -0.2) is 69.9 Å². The minimum absolute atomic E-state index is 0.0176. The van der Waals surface area contributed by atoms with Crippen LogP contribution in [0.1, 0.15) is 12.5 Å². The Morgan fingerprint density at radius 3 is 2.60 bits per heavy atom. The molecular formula is C32H32FN7O3. The van der Waals surface area contributed by atoms with Gasteiger partial charge in [0.05, 0.1) is 31.3 Å². The zero-order valence-electron chi connectivity index (χ0n) is 23.7. The maximum absolute atomic E-state index is 14.7. The first kappa shape index (κ1) is 28.3. The monoisotopic (exact) mass is 581 g/mol. The third kappa shape index (κ3) is 7.14. The largest absolute Gasteiger partial charge is 0.459 e. The van der Waals surface area contributed by atoms with Crippen molar-refractivity contribution < 1.29 is 18.7 Å². The minimum Gasteiger partial charge on any atom is -0.459 e. The molecule has 0 radical (unpaired) electrons. The fourth-order valence-corrected chi connectivity index (χ4v) is 4.99. The Morgan fingerprint density at radius 2 is 1.81 bits per heavy atom. The number of anilines is 3. The van der Waals surface area contributed by atoms with Crippen molar-refractivity contribution in [3.8, 4) is 17.1 Å². The van der Waals surface area contributed by atoms with Crippen LogP contribution in [0.3, 0.4) is 0 Å². The highest BCUT2D eigenvalue weighted by atomic mass is 19.1. The van der Waals surface area contributed by atoms with Crippen LogP contribution >= 0.6 is 0 Å². The molecule has 3 heterocycles. The van der Waals surface area contributed by atoms with Gasteiger partial charge in [-0.15, -0.1) is 0 Å². The van der Waals surface area contributed by atoms with Gasteiger partial charge in [0.1, 0.15) is 6.10 Å². The Balaban J connectivity index is 1.10. The minimum atomic E-state index is -0.618. The van der Waals surface area contributed by atoms with E-state index in [2.05, 4.69) is 35.7 Å². The van der Waals surface area contributed by atoms with E-state index in [0.717, 1.165) is 41.5 Å². The number of carbonyl (C=O) groups excluding carboxylic acids is 1. The molecule has 1 aliphatic heterocycles. The average Bonchev–Trinajstić information content (AvgIpc) is 3.41. The molecule has 10 nitrogen and oxygen atoms in total. The SMILES string of the molecule is CC(CN1CCOCC1)Oc1ncc(F)c(Nc2ccc3[nH]nc(NC(=O)Cc4ccc(-c5ccccc5)cc4)c3c2)n1. The summed E-state index contributed by atoms with van der Waals surface area (Å²) in [5, 5.41) is 13.8. The number of hydrogen-bond donors (Lipinski definition) is 3. The Kier molecular flexibility index (Phi) is 8.52. The first-order chi connectivity index (χ1) is 21.0. The fourth-order valence-electron chi connectivity index (χ4n) is 4.99. The Bertz CT molecular complexity index is 1690. The van der Waals surface area contributed by atoms with Gasteiger partial charge in [0.25, 0.3) is 0 Å². The molecule has 43 heavy (non-hydrogen) atoms. The van der Waals surface area contributed by atoms with Crippen LogP contribution in [0.4, 0.5) is 21.7 Å². The van der Waals surface area contributed by atoms with E-state index < -0.39 is 5.82 Å². The number of hydrogen-bond acceptors (Lipinski definition) is 8. The van der Waals surface area contributed by atoms with Crippen LogP contribution in [0, 0.1) is 5.82 Å². The van der Waals surface area contributed by atoms with Crippen molar-refractivity contribution in [3.63, 3.8) is 0 Å². The summed E-state index contributed by atoms with van der Waals surface area (Å²) >= 11 is 0. The van der Waals surface area contributed by atoms with Crippen molar-refractivity contribution in [3.05, 3.63) is 90.4 Å². The van der Waals surface area contributed by atoms with Crippen LogP contribution in [-0.2, 0) is 16.0 Å². The summed E-state index contributed by atoms with van der Waals surface area (Å²) in [7, 11) is 0. The van der Waals surface area contributed by atoms with Gasteiger partial charge in [0, 0.05) is 30.7 Å². The number of rotatable bonds is 10. The maximum atomic E-state index is 14.7. The number of nitrogens with zero attached hydrogens (tertiary/aromatic N) is 4. The number of aromatic amines is 1. The molecule has 220 valence electrons. The summed E-state index contributed by atoms with van der Waals surface area (Å²) in [5.74, 6) is -0.453. The molecule has 0 aliphatic carbocycles. The van der Waals surface area contributed by atoms with Gasteiger partial charge in [-0.1, -0.05) is 54.6 Å². The number of halogens is 1. The van der Waals surface area contributed by atoms with Crippen molar-refractivity contribution >= 4 is 34.1 Å². The fraction of sp³-hybridized carbons (Fsp3) is 0.250. The molecule has 5 aromatic rings. The van der Waals surface area contributed by atoms with E-state index in [-0.39, 0.29) is 30.3 Å². The molecule has 11 heteroatoms. The third-order valence-electron chi connectivity index (χ3n) is 7.16. The van der Waals surface area contributed by atoms with Crippen molar-refractivity contribution in [2.75, 3.05) is 43.5 Å². The van der Waals surface area contributed by atoms with Gasteiger partial charge in [0.15, 0.2) is 17.5 Å². The molecule has 0 saturated carbocycles. The van der Waals surface area contributed by atoms with Crippen molar-refractivity contribution in [1.82, 2.24) is 25.1 Å². The Hall–Kier alpha value is -4.87. The Labute approximate surface area is 248 Å². The lowest BCUT2D eigenvalue weighted by atomic mass is 10.0. The lowest BCUT2D eigenvalue weighted by Gasteiger charge is -2.28. The Morgan fingerprint density at radius 1 is 1.05 bits per heavy atom. The molecule has 1 fully saturated rings. The summed E-state index contributed by atoms with van der Waals surface area (Å²) < 4.78 is 25.9. The number of morpholine rings is 1. The van der Waals surface area contributed by atoms with Gasteiger partial charge in [-0.3, -0.25) is 14.8 Å². The number of nitrogens with one attached hydrogen (secondary N) is 3. The number of ether oxygens (including phenoxy) is 2. The van der Waals surface area contributed by atoms with Gasteiger partial charge in [-0.05, 0) is 41.8 Å². The quantitative estimate of drug-likeness (QED) is 0.207. The number of benzene rings is 3. The third-order valence-corrected chi connectivity index (χ3v) is 7.16. The predicted molar refractivity (Wildman–Crippen MR) is 163 cm³/mol. The molecule has 1 unspecified atom stereocenters. The second kappa shape index (κ2) is 13.0. The summed E-state index contributed by atoms with van der Waals surface area (Å²) in [6.07, 6.45) is 1.09. The highest BCUT2D eigenvalue weighted by Gasteiger charge is 2.17. The summed E-state index contributed by atoms with van der Waals surface area (Å²) in [6, 6.07) is 23.4. The number of fused-ring (bicyclic) bond motifs is 1. The average molecular weight is 582 g/mol. The van der Waals surface area contributed by atoms with Gasteiger partial charge in [-0.25, -0.2) is 9.37 Å². The second-order valence-electron chi connectivity index (χ2n) is 10.4. The van der Waals surface area contributed by atoms with Gasteiger partial charge < -0.3 is 20.1 Å². The van der Waals surface area contributed by atoms with Gasteiger partial charge in [0.2, 0.25) is 5.91 Å². The number of H-pyrrole nitrogens is 1. The molecule has 0 spiro atoms. The van der Waals surface area contributed by atoms with E-state index >= 15 is 0 Å². The zero-order chi connectivity index (χ0) is 29.6. The molecule has 6 rings (SSSR count). The van der Waals surface area contributed by atoms with E-state index in [1.54, 1.807) is 18.2 Å². The van der Waals surface area contributed by atoms with E-state index in [0.29, 0.717) is 36.6 Å². The first-order valence-corrected chi connectivity index (χ1v) is 14.2. The van der Waals surface area contributed by atoms with Crippen LogP contribution in [0.25, 0.3) is 22.0 Å². The lowest BCUT2D eigenvalue weighted by Crippen LogP contribution is -2.41. The van der Waals surface area contributed by atoms with Crippen molar-refractivity contribution in [2.24, 2.45) is 0 Å². The molecule has 2 aromatic heterocycles. The van der Waals surface area contributed by atoms with Gasteiger partial charge >= 0.3 is 6.01 Å². The van der Waals surface area contributed by atoms with Crippen molar-refractivity contribution in [1.29, 1.82) is 0 Å². The number of carbonyl (C=O) groups is 1. The summed E-state index contributed by atoms with van der Waals surface area (Å²) in [6.45, 7) is 5.69. The molecule has 3 N–H and O–H groups in total. The van der Waals surface area contributed by atoms with E-state index in [4.69, 9.17) is 9.47 Å². The smallest absolute Gasteiger partial charge is 0.318 e. The second-order valence-corrected chi connectivity index (χ2v) is 10.4. The van der Waals surface area contributed by atoms with Crippen LogP contribution in [0.15, 0.2) is 79.0 Å². The zero-order valence-corrected chi connectivity index (χ0v) is 23.7. The predicted octanol–water partition coefficient (Wildman–Crippen LogP) is 5.18. The summed E-state index contributed by atoms with van der Waals surface area (Å²) in [4.78, 5) is 23.4. The number of amides is 1. The highest BCUT2D eigenvalue weighted by molar-refractivity contribution is 6.01. The van der Waals surface area contributed by atoms with Crippen LogP contribution in [0.2, 0.25) is 0 Å². The number of aromatic nitrogens is 4. The van der Waals surface area contributed by atoms with E-state index in [1.165, 1.54) is 0 Å². The molecular weight excluding hydrogens is 549 g/mol. The lowest BCUT2D eigenvalue weighted by molar-refractivity contribution is -0.115. The molecule has 1 aliphatic rings. The standard InChI is InChI=1S/C32H32FN7O3/c1-21(20-40-13-15-42-16-14-40)43-32-34-19-27(33)31(37-32)35-25-11-12-28-26(18-25)30(39-38-28)36-29(41)17-22-7-9-24(10-8-22)23-5-3-2-4-6-23/h2-12,18-19,21H,13-17,20H2,1H3,(H,34,35,37)(H2,36,38,39,41). The van der Waals surface area contributed by atoms with E-state index in [9.17, 15) is 9.18 Å². The summed E-state index contributed by atoms with van der Waals surface area (Å²) in [5.41, 5.74) is 4.37. The first-order valence-electron chi connectivity index (χ1n) is 14.2. The molecule has 1 amide bonds. The maximum Gasteiger partial charge on any atom is 0.318 e. The normalized spacial score (nSPS) is 14.4. The van der Waals surface area contributed by atoms with Crippen molar-refractivity contribution in [2.45, 2.75) is 19.4 Å². The topological polar surface area (TPSA) is 117 Å². The molecule has 0 bridgehead atoms. The van der Waals surface area contributed by atoms with Crippen LogP contribution < -0.4 is 15.4 Å². The van der Waals surface area contributed by atoms with Gasteiger partial charge in [-0.2, -0.15) is 10.1 Å². The molecule has 1 saturated heterocycles. The van der Waals surface area contributed by atoms with Crippen LogP contribution in [0.5, 0.6) is 6.01 Å². The molecule has 3 aromatic carbocycles. The highest BCUT2D eigenvalue weighted by Crippen LogP contribution is 2.27. The molecule has 1 atom stereocenters. The van der Waals surface area contributed by atoms with E-state index in [1.807, 2.05) is 61.5 Å².